The van der Waals surface area contributed by atoms with Crippen LogP contribution in [0, 0.1) is 0 Å². The molecule has 0 aromatic carbocycles. The van der Waals surface area contributed by atoms with Gasteiger partial charge in [-0.3, -0.25) is 4.79 Å². The molecule has 1 N–H and O–H groups in total. The van der Waals surface area contributed by atoms with Gasteiger partial charge in [0.05, 0.1) is 13.2 Å². The van der Waals surface area contributed by atoms with Crippen LogP contribution in [0.4, 0.5) is 5.82 Å². The molecular formula is C26H34N4O3. The second-order valence-corrected chi connectivity index (χ2v) is 7.32. The van der Waals surface area contributed by atoms with Crippen LogP contribution in [0.1, 0.15) is 41.9 Å². The van der Waals surface area contributed by atoms with Crippen LogP contribution in [0.5, 0.6) is 0 Å². The Kier molecular flexibility index (Phi) is 10.3. The van der Waals surface area contributed by atoms with Gasteiger partial charge in [-0.1, -0.05) is 38.2 Å². The topological polar surface area (TPSA) is 76.5 Å². The Labute approximate surface area is 196 Å². The second-order valence-electron chi connectivity index (χ2n) is 7.32. The zero-order valence-corrected chi connectivity index (χ0v) is 20.2. The van der Waals surface area contributed by atoms with Crippen molar-refractivity contribution in [1.29, 1.82) is 0 Å². The number of anilines is 1. The Hall–Kier alpha value is -3.45. The predicted octanol–water partition coefficient (Wildman–Crippen LogP) is 4.00. The van der Waals surface area contributed by atoms with Crippen LogP contribution in [0.15, 0.2) is 42.6 Å². The van der Waals surface area contributed by atoms with Crippen molar-refractivity contribution in [2.45, 2.75) is 33.4 Å². The number of nitrogens with zero attached hydrogens (tertiary/aromatic N) is 3. The van der Waals surface area contributed by atoms with Crippen molar-refractivity contribution in [3.8, 4) is 0 Å². The number of aromatic nitrogens is 2. The average Bonchev–Trinajstić information content (AvgIpc) is 2.99. The summed E-state index contributed by atoms with van der Waals surface area (Å²) in [5.74, 6) is 0.585. The van der Waals surface area contributed by atoms with Crippen molar-refractivity contribution in [2.75, 3.05) is 26.0 Å². The Balaban J connectivity index is 0.00000187. The summed E-state index contributed by atoms with van der Waals surface area (Å²) in [5, 5.41) is 3.00. The van der Waals surface area contributed by atoms with Gasteiger partial charge in [0.2, 0.25) is 5.91 Å². The Morgan fingerprint density at radius 1 is 1.30 bits per heavy atom. The highest BCUT2D eigenvalue weighted by molar-refractivity contribution is 5.91. The number of carbonyl (C=O) groups is 2. The first kappa shape index (κ1) is 25.8. The van der Waals surface area contributed by atoms with Gasteiger partial charge < -0.3 is 24.3 Å². The maximum atomic E-state index is 12.7. The molecule has 7 heteroatoms. The summed E-state index contributed by atoms with van der Waals surface area (Å²) < 4.78 is 7.45. The van der Waals surface area contributed by atoms with Crippen LogP contribution >= 0.6 is 0 Å². The van der Waals surface area contributed by atoms with E-state index >= 15 is 0 Å². The third kappa shape index (κ3) is 7.02. The van der Waals surface area contributed by atoms with E-state index in [0.717, 1.165) is 23.2 Å². The van der Waals surface area contributed by atoms with Crippen LogP contribution in [0.25, 0.3) is 12.2 Å². The molecule has 1 aliphatic rings. The van der Waals surface area contributed by atoms with Gasteiger partial charge in [0.25, 0.3) is 0 Å². The van der Waals surface area contributed by atoms with Gasteiger partial charge in [-0.15, -0.1) is 0 Å². The van der Waals surface area contributed by atoms with E-state index in [1.165, 1.54) is 11.3 Å². The first-order chi connectivity index (χ1) is 16.0. The number of amides is 1. The Morgan fingerprint density at radius 2 is 2.09 bits per heavy atom. The molecule has 0 spiro atoms. The van der Waals surface area contributed by atoms with Crippen molar-refractivity contribution < 1.29 is 14.3 Å². The largest absolute Gasteiger partial charge is 0.373 e. The number of aldehydes is 1. The van der Waals surface area contributed by atoms with Crippen molar-refractivity contribution >= 4 is 30.2 Å². The molecule has 0 saturated carbocycles. The van der Waals surface area contributed by atoms with Gasteiger partial charge in [0, 0.05) is 56.8 Å². The van der Waals surface area contributed by atoms with E-state index < -0.39 is 0 Å². The van der Waals surface area contributed by atoms with E-state index in [0.29, 0.717) is 18.6 Å². The summed E-state index contributed by atoms with van der Waals surface area (Å²) >= 11 is 0. The highest BCUT2D eigenvalue weighted by atomic mass is 16.5. The number of carbonyl (C=O) groups excluding carboxylic acids is 2. The summed E-state index contributed by atoms with van der Waals surface area (Å²) in [5.41, 5.74) is 5.13. The van der Waals surface area contributed by atoms with Gasteiger partial charge in [-0.25, -0.2) is 4.98 Å². The molecule has 0 aliphatic heterocycles. The third-order valence-electron chi connectivity index (χ3n) is 5.19. The SMILES string of the molecule is CC.CNc1ncc(/C=C/C(=O)N(C)Cc2cc3c(n2C)CC=CC=C3)cc1COCC=O. The van der Waals surface area contributed by atoms with E-state index in [-0.39, 0.29) is 19.1 Å². The average molecular weight is 451 g/mol. The van der Waals surface area contributed by atoms with Crippen LogP contribution in [-0.4, -0.2) is 47.3 Å². The first-order valence-electron chi connectivity index (χ1n) is 11.2. The minimum atomic E-state index is -0.0942. The summed E-state index contributed by atoms with van der Waals surface area (Å²) in [7, 11) is 5.61. The van der Waals surface area contributed by atoms with Gasteiger partial charge in [-0.05, 0) is 29.3 Å². The first-order valence-corrected chi connectivity index (χ1v) is 11.2. The molecule has 176 valence electrons. The predicted molar refractivity (Wildman–Crippen MR) is 134 cm³/mol. The van der Waals surface area contributed by atoms with Crippen molar-refractivity contribution in [3.05, 3.63) is 70.7 Å². The van der Waals surface area contributed by atoms with E-state index in [2.05, 4.69) is 39.2 Å². The number of likely N-dealkylation sites (N-methyl/N-ethyl adjacent to an activating group) is 1. The highest BCUT2D eigenvalue weighted by Crippen LogP contribution is 2.21. The standard InChI is InChI=1S/C24H28N4O3.C2H6/c1-25-24-20(17-31-12-11-29)13-18(15-26-24)9-10-23(30)27(2)16-21-14-19-7-5-4-6-8-22(19)28(21)3;1-2/h4-7,9-11,13-15H,8,12,16-17H2,1-3H3,(H,25,26);1-2H3/b10-9+;. The molecule has 1 amide bonds. The number of pyridine rings is 1. The fourth-order valence-electron chi connectivity index (χ4n) is 3.48. The van der Waals surface area contributed by atoms with E-state index in [4.69, 9.17) is 4.74 Å². The lowest BCUT2D eigenvalue weighted by Crippen LogP contribution is -2.25. The summed E-state index contributed by atoms with van der Waals surface area (Å²) in [6.45, 7) is 4.81. The number of hydrogen-bond acceptors (Lipinski definition) is 5. The van der Waals surface area contributed by atoms with E-state index in [1.807, 2.05) is 33.0 Å². The van der Waals surface area contributed by atoms with Crippen molar-refractivity contribution in [3.63, 3.8) is 0 Å². The van der Waals surface area contributed by atoms with Gasteiger partial charge >= 0.3 is 0 Å². The molecule has 7 nitrogen and oxygen atoms in total. The van der Waals surface area contributed by atoms with E-state index in [9.17, 15) is 9.59 Å². The molecule has 2 heterocycles. The fraction of sp³-hybridized carbons (Fsp3) is 0.346. The van der Waals surface area contributed by atoms with E-state index in [1.54, 1.807) is 37.3 Å². The summed E-state index contributed by atoms with van der Waals surface area (Å²) in [4.78, 5) is 29.2. The lowest BCUT2D eigenvalue weighted by molar-refractivity contribution is -0.125. The third-order valence-corrected chi connectivity index (χ3v) is 5.19. The van der Waals surface area contributed by atoms with Gasteiger partial charge in [0.15, 0.2) is 0 Å². The minimum absolute atomic E-state index is 0.0289. The summed E-state index contributed by atoms with van der Waals surface area (Å²) in [6.07, 6.45) is 14.9. The zero-order chi connectivity index (χ0) is 24.2. The number of hydrogen-bond donors (Lipinski definition) is 1. The van der Waals surface area contributed by atoms with Crippen LogP contribution < -0.4 is 5.32 Å². The lowest BCUT2D eigenvalue weighted by atomic mass is 10.1. The number of allylic oxidation sites excluding steroid dienone is 3. The van der Waals surface area contributed by atoms with Gasteiger partial charge in [-0.2, -0.15) is 0 Å². The molecule has 33 heavy (non-hydrogen) atoms. The van der Waals surface area contributed by atoms with Crippen molar-refractivity contribution in [2.24, 2.45) is 7.05 Å². The molecule has 0 bridgehead atoms. The molecule has 2 aromatic heterocycles. The smallest absolute Gasteiger partial charge is 0.246 e. The molecule has 0 radical (unpaired) electrons. The quantitative estimate of drug-likeness (QED) is 0.355. The minimum Gasteiger partial charge on any atom is -0.373 e. The highest BCUT2D eigenvalue weighted by Gasteiger charge is 2.14. The molecular weight excluding hydrogens is 416 g/mol. The zero-order valence-electron chi connectivity index (χ0n) is 20.2. The number of nitrogens with one attached hydrogen (secondary N) is 1. The van der Waals surface area contributed by atoms with Crippen LogP contribution in [0.3, 0.4) is 0 Å². The molecule has 3 rings (SSSR count). The van der Waals surface area contributed by atoms with Crippen LogP contribution in [-0.2, 0) is 40.9 Å². The number of fused-ring (bicyclic) bond motifs is 1. The maximum absolute atomic E-state index is 12.7. The monoisotopic (exact) mass is 450 g/mol. The second kappa shape index (κ2) is 13.2. The molecule has 0 unspecified atom stereocenters. The lowest BCUT2D eigenvalue weighted by Gasteiger charge is -2.16. The normalized spacial score (nSPS) is 12.0. The molecule has 0 atom stereocenters. The fourth-order valence-corrected chi connectivity index (χ4v) is 3.48. The molecule has 1 aliphatic carbocycles. The number of rotatable bonds is 9. The Bertz CT molecular complexity index is 1030. The van der Waals surface area contributed by atoms with Gasteiger partial charge in [0.1, 0.15) is 18.7 Å². The molecule has 0 saturated heterocycles. The number of ether oxygens (including phenoxy) is 1. The molecule has 2 aromatic rings. The Morgan fingerprint density at radius 3 is 2.82 bits per heavy atom. The van der Waals surface area contributed by atoms with Crippen LogP contribution in [0.2, 0.25) is 0 Å². The molecule has 0 fully saturated rings. The van der Waals surface area contributed by atoms with Crippen molar-refractivity contribution in [1.82, 2.24) is 14.5 Å². The maximum Gasteiger partial charge on any atom is 0.246 e. The summed E-state index contributed by atoms with van der Waals surface area (Å²) in [6, 6.07) is 4.03.